The van der Waals surface area contributed by atoms with Crippen LogP contribution in [0.1, 0.15) is 5.76 Å². The fraction of sp³-hybridized carbons (Fsp3) is 0.0769. The Morgan fingerprint density at radius 2 is 2.11 bits per heavy atom. The highest BCUT2D eigenvalue weighted by Gasteiger charge is 2.01. The molecule has 3 aromatic rings. The minimum Gasteiger partial charge on any atom is -0.447 e. The number of thiazole rings is 1. The van der Waals surface area contributed by atoms with Crippen LogP contribution in [0.25, 0.3) is 10.6 Å². The van der Waals surface area contributed by atoms with Gasteiger partial charge in [0.1, 0.15) is 10.8 Å². The molecule has 0 aliphatic carbocycles. The SMILES string of the molecule is c1csc(-c2ccc(NCc3cnco3)cc2)n1. The lowest BCUT2D eigenvalue weighted by molar-refractivity contribution is 0.512. The van der Waals surface area contributed by atoms with Gasteiger partial charge >= 0.3 is 0 Å². The zero-order valence-electron chi connectivity index (χ0n) is 9.54. The highest BCUT2D eigenvalue weighted by atomic mass is 32.1. The van der Waals surface area contributed by atoms with Crippen LogP contribution in [0.4, 0.5) is 5.69 Å². The van der Waals surface area contributed by atoms with Crippen LogP contribution in [0.15, 0.2) is 52.9 Å². The molecule has 2 aromatic heterocycles. The Morgan fingerprint density at radius 1 is 1.22 bits per heavy atom. The lowest BCUT2D eigenvalue weighted by Gasteiger charge is -2.04. The van der Waals surface area contributed by atoms with Crippen LogP contribution < -0.4 is 5.32 Å². The fourth-order valence-corrected chi connectivity index (χ4v) is 2.26. The standard InChI is InChI=1S/C13H11N3OS/c1-3-11(16-8-12-7-14-9-17-12)4-2-10(1)13-15-5-6-18-13/h1-7,9,16H,8H2. The molecule has 0 saturated carbocycles. The van der Waals surface area contributed by atoms with Crippen LogP contribution in [0.3, 0.4) is 0 Å². The van der Waals surface area contributed by atoms with Gasteiger partial charge in [0.05, 0.1) is 12.7 Å². The summed E-state index contributed by atoms with van der Waals surface area (Å²) < 4.78 is 5.16. The minimum atomic E-state index is 0.636. The van der Waals surface area contributed by atoms with E-state index < -0.39 is 0 Å². The van der Waals surface area contributed by atoms with E-state index in [1.165, 1.54) is 6.39 Å². The molecule has 0 bridgehead atoms. The van der Waals surface area contributed by atoms with Crippen LogP contribution in [-0.4, -0.2) is 9.97 Å². The van der Waals surface area contributed by atoms with Crippen molar-refractivity contribution in [3.05, 3.63) is 54.2 Å². The summed E-state index contributed by atoms with van der Waals surface area (Å²) in [6, 6.07) is 8.18. The monoisotopic (exact) mass is 257 g/mol. The van der Waals surface area contributed by atoms with E-state index in [-0.39, 0.29) is 0 Å². The highest BCUT2D eigenvalue weighted by Crippen LogP contribution is 2.23. The average Bonchev–Trinajstić information content (AvgIpc) is 3.10. The summed E-state index contributed by atoms with van der Waals surface area (Å²) in [6.45, 7) is 0.636. The maximum atomic E-state index is 5.16. The molecule has 0 aliphatic rings. The number of hydrogen-bond acceptors (Lipinski definition) is 5. The second-order valence-electron chi connectivity index (χ2n) is 3.74. The number of oxazole rings is 1. The molecule has 0 spiro atoms. The quantitative estimate of drug-likeness (QED) is 0.778. The van der Waals surface area contributed by atoms with Gasteiger partial charge in [-0.15, -0.1) is 11.3 Å². The zero-order valence-corrected chi connectivity index (χ0v) is 10.4. The first kappa shape index (κ1) is 11.0. The number of aromatic nitrogens is 2. The van der Waals surface area contributed by atoms with Crippen molar-refractivity contribution < 1.29 is 4.42 Å². The first-order valence-corrected chi connectivity index (χ1v) is 6.41. The van der Waals surface area contributed by atoms with Crippen molar-refractivity contribution in [2.24, 2.45) is 0 Å². The number of anilines is 1. The van der Waals surface area contributed by atoms with E-state index >= 15 is 0 Å². The van der Waals surface area contributed by atoms with E-state index in [0.717, 1.165) is 22.0 Å². The molecule has 1 aromatic carbocycles. The summed E-state index contributed by atoms with van der Waals surface area (Å²) in [5.74, 6) is 0.819. The van der Waals surface area contributed by atoms with E-state index in [0.29, 0.717) is 6.54 Å². The molecule has 0 unspecified atom stereocenters. The third-order valence-electron chi connectivity index (χ3n) is 2.51. The minimum absolute atomic E-state index is 0.636. The maximum Gasteiger partial charge on any atom is 0.180 e. The molecule has 0 saturated heterocycles. The fourth-order valence-electron chi connectivity index (χ4n) is 1.62. The lowest BCUT2D eigenvalue weighted by atomic mass is 10.2. The molecule has 4 nitrogen and oxygen atoms in total. The molecule has 0 aliphatic heterocycles. The van der Waals surface area contributed by atoms with Gasteiger partial charge in [-0.3, -0.25) is 0 Å². The Bertz CT molecular complexity index is 588. The topological polar surface area (TPSA) is 51.0 Å². The first-order chi connectivity index (χ1) is 8.92. The third-order valence-corrected chi connectivity index (χ3v) is 3.34. The van der Waals surface area contributed by atoms with Gasteiger partial charge in [0.2, 0.25) is 0 Å². The normalized spacial score (nSPS) is 10.4. The number of nitrogens with zero attached hydrogens (tertiary/aromatic N) is 2. The molecule has 0 fully saturated rings. The summed E-state index contributed by atoms with van der Waals surface area (Å²) in [4.78, 5) is 8.15. The third kappa shape index (κ3) is 2.41. The van der Waals surface area contributed by atoms with E-state index in [4.69, 9.17) is 4.42 Å². The molecular formula is C13H11N3OS. The van der Waals surface area contributed by atoms with Crippen LogP contribution in [0.5, 0.6) is 0 Å². The Kier molecular flexibility index (Phi) is 3.06. The number of rotatable bonds is 4. The van der Waals surface area contributed by atoms with Crippen molar-refractivity contribution in [1.29, 1.82) is 0 Å². The van der Waals surface area contributed by atoms with E-state index in [9.17, 15) is 0 Å². The van der Waals surface area contributed by atoms with Crippen molar-refractivity contribution in [3.8, 4) is 10.6 Å². The molecule has 0 radical (unpaired) electrons. The van der Waals surface area contributed by atoms with Gasteiger partial charge < -0.3 is 9.73 Å². The summed E-state index contributed by atoms with van der Waals surface area (Å²) in [7, 11) is 0. The number of hydrogen-bond donors (Lipinski definition) is 1. The predicted octanol–water partition coefficient (Wildman–Crippen LogP) is 3.41. The average molecular weight is 257 g/mol. The molecule has 5 heteroatoms. The van der Waals surface area contributed by atoms with E-state index in [1.54, 1.807) is 17.5 Å². The summed E-state index contributed by atoms with van der Waals surface area (Å²) in [6.07, 6.45) is 4.95. The summed E-state index contributed by atoms with van der Waals surface area (Å²) >= 11 is 1.64. The molecule has 3 rings (SSSR count). The Balaban J connectivity index is 1.68. The van der Waals surface area contributed by atoms with Gasteiger partial charge in [-0.05, 0) is 24.3 Å². The van der Waals surface area contributed by atoms with Crippen molar-refractivity contribution in [1.82, 2.24) is 9.97 Å². The highest BCUT2D eigenvalue weighted by molar-refractivity contribution is 7.13. The Labute approximate surface area is 108 Å². The van der Waals surface area contributed by atoms with Gasteiger partial charge in [0.15, 0.2) is 6.39 Å². The molecule has 2 heterocycles. The van der Waals surface area contributed by atoms with Gasteiger partial charge in [-0.2, -0.15) is 0 Å². The number of nitrogens with one attached hydrogen (secondary N) is 1. The zero-order chi connectivity index (χ0) is 12.2. The van der Waals surface area contributed by atoms with Crippen molar-refractivity contribution in [3.63, 3.8) is 0 Å². The molecule has 18 heavy (non-hydrogen) atoms. The molecular weight excluding hydrogens is 246 g/mol. The predicted molar refractivity (Wildman–Crippen MR) is 71.4 cm³/mol. The first-order valence-electron chi connectivity index (χ1n) is 5.53. The Morgan fingerprint density at radius 3 is 2.78 bits per heavy atom. The van der Waals surface area contributed by atoms with Crippen LogP contribution in [-0.2, 0) is 6.54 Å². The number of benzene rings is 1. The molecule has 0 atom stereocenters. The van der Waals surface area contributed by atoms with Gasteiger partial charge in [-0.25, -0.2) is 9.97 Å². The van der Waals surface area contributed by atoms with E-state index in [2.05, 4.69) is 27.4 Å². The van der Waals surface area contributed by atoms with Gasteiger partial charge in [0, 0.05) is 22.8 Å². The second kappa shape index (κ2) is 5.01. The largest absolute Gasteiger partial charge is 0.447 e. The van der Waals surface area contributed by atoms with E-state index in [1.807, 2.05) is 23.7 Å². The van der Waals surface area contributed by atoms with Crippen molar-refractivity contribution in [2.75, 3.05) is 5.32 Å². The van der Waals surface area contributed by atoms with Crippen LogP contribution in [0, 0.1) is 0 Å². The van der Waals surface area contributed by atoms with Crippen molar-refractivity contribution >= 4 is 17.0 Å². The lowest BCUT2D eigenvalue weighted by Crippen LogP contribution is -1.97. The molecule has 1 N–H and O–H groups in total. The van der Waals surface area contributed by atoms with Crippen LogP contribution in [0.2, 0.25) is 0 Å². The smallest absolute Gasteiger partial charge is 0.180 e. The summed E-state index contributed by atoms with van der Waals surface area (Å²) in [5.41, 5.74) is 2.18. The second-order valence-corrected chi connectivity index (χ2v) is 4.63. The van der Waals surface area contributed by atoms with Gasteiger partial charge in [-0.1, -0.05) is 0 Å². The van der Waals surface area contributed by atoms with Crippen molar-refractivity contribution in [2.45, 2.75) is 6.54 Å². The van der Waals surface area contributed by atoms with Crippen LogP contribution >= 0.6 is 11.3 Å². The maximum absolute atomic E-state index is 5.16. The molecule has 0 amide bonds. The van der Waals surface area contributed by atoms with Gasteiger partial charge in [0.25, 0.3) is 0 Å². The Hall–Kier alpha value is -2.14. The summed E-state index contributed by atoms with van der Waals surface area (Å²) in [5, 5.41) is 6.29. The molecule has 90 valence electrons.